The average Bonchev–Trinajstić information content (AvgIpc) is 2.84. The van der Waals surface area contributed by atoms with Crippen LogP contribution < -0.4 is 10.6 Å². The number of amides is 1. The lowest BCUT2D eigenvalue weighted by atomic mass is 10.0. The molecule has 2 rings (SSSR count). The molecular formula is C14H18N2O3. The topological polar surface area (TPSA) is 67.4 Å². The van der Waals surface area contributed by atoms with Gasteiger partial charge in [0.15, 0.2) is 0 Å². The van der Waals surface area contributed by atoms with E-state index in [0.29, 0.717) is 5.56 Å². The Kier molecular flexibility index (Phi) is 3.57. The minimum Gasteiger partial charge on any atom is -0.467 e. The third-order valence-corrected chi connectivity index (χ3v) is 3.22. The van der Waals surface area contributed by atoms with E-state index < -0.39 is 11.5 Å². The number of hydrogen-bond acceptors (Lipinski definition) is 4. The van der Waals surface area contributed by atoms with Crippen molar-refractivity contribution in [3.8, 4) is 0 Å². The van der Waals surface area contributed by atoms with Crippen molar-refractivity contribution in [2.24, 2.45) is 0 Å². The van der Waals surface area contributed by atoms with Crippen molar-refractivity contribution in [1.82, 2.24) is 10.6 Å². The van der Waals surface area contributed by atoms with Crippen molar-refractivity contribution in [2.75, 3.05) is 7.11 Å². The van der Waals surface area contributed by atoms with Gasteiger partial charge in [0.05, 0.1) is 7.11 Å². The molecule has 102 valence electrons. The number of carbonyl (C=O) groups excluding carboxylic acids is 2. The summed E-state index contributed by atoms with van der Waals surface area (Å²) in [7, 11) is 1.30. The molecule has 0 atom stereocenters. The molecule has 2 N–H and O–H groups in total. The SMILES string of the molecule is COC(=O)C(C)(C)NC(=O)c1ccc2c(c1)CNC2. The largest absolute Gasteiger partial charge is 0.467 e. The molecule has 0 saturated heterocycles. The van der Waals surface area contributed by atoms with E-state index >= 15 is 0 Å². The second-order valence-corrected chi connectivity index (χ2v) is 5.16. The predicted octanol–water partition coefficient (Wildman–Crippen LogP) is 0.971. The summed E-state index contributed by atoms with van der Waals surface area (Å²) in [5.74, 6) is -0.742. The van der Waals surface area contributed by atoms with Crippen molar-refractivity contribution >= 4 is 11.9 Å². The molecule has 0 unspecified atom stereocenters. The second-order valence-electron chi connectivity index (χ2n) is 5.16. The quantitative estimate of drug-likeness (QED) is 0.797. The van der Waals surface area contributed by atoms with E-state index in [1.165, 1.54) is 12.7 Å². The van der Waals surface area contributed by atoms with E-state index in [2.05, 4.69) is 15.4 Å². The van der Waals surface area contributed by atoms with Gasteiger partial charge in [0, 0.05) is 18.7 Å². The maximum absolute atomic E-state index is 12.1. The molecule has 1 aromatic rings. The lowest BCUT2D eigenvalue weighted by molar-refractivity contribution is -0.146. The molecule has 5 heteroatoms. The van der Waals surface area contributed by atoms with E-state index in [9.17, 15) is 9.59 Å². The van der Waals surface area contributed by atoms with Gasteiger partial charge >= 0.3 is 5.97 Å². The van der Waals surface area contributed by atoms with E-state index in [-0.39, 0.29) is 5.91 Å². The minimum atomic E-state index is -1.04. The zero-order valence-corrected chi connectivity index (χ0v) is 11.4. The monoisotopic (exact) mass is 262 g/mol. The average molecular weight is 262 g/mol. The summed E-state index contributed by atoms with van der Waals surface area (Å²) < 4.78 is 4.66. The highest BCUT2D eigenvalue weighted by Gasteiger charge is 2.31. The van der Waals surface area contributed by atoms with E-state index in [1.807, 2.05) is 12.1 Å². The second kappa shape index (κ2) is 5.01. The van der Waals surface area contributed by atoms with Gasteiger partial charge in [-0.3, -0.25) is 4.79 Å². The van der Waals surface area contributed by atoms with Crippen molar-refractivity contribution in [3.63, 3.8) is 0 Å². The Balaban J connectivity index is 2.14. The first-order chi connectivity index (χ1) is 8.94. The molecule has 1 heterocycles. The van der Waals surface area contributed by atoms with Crippen LogP contribution in [0, 0.1) is 0 Å². The summed E-state index contributed by atoms with van der Waals surface area (Å²) in [4.78, 5) is 23.7. The van der Waals surface area contributed by atoms with Crippen LogP contribution in [-0.4, -0.2) is 24.5 Å². The van der Waals surface area contributed by atoms with Crippen LogP contribution in [0.3, 0.4) is 0 Å². The Bertz CT molecular complexity index is 523. The van der Waals surface area contributed by atoms with Crippen LogP contribution in [0.2, 0.25) is 0 Å². The van der Waals surface area contributed by atoms with Crippen molar-refractivity contribution < 1.29 is 14.3 Å². The maximum atomic E-state index is 12.1. The highest BCUT2D eigenvalue weighted by Crippen LogP contribution is 2.17. The Morgan fingerprint density at radius 2 is 1.95 bits per heavy atom. The first-order valence-corrected chi connectivity index (χ1v) is 6.17. The number of esters is 1. The molecule has 0 aromatic heterocycles. The Labute approximate surface area is 112 Å². The van der Waals surface area contributed by atoms with Gasteiger partial charge in [0.25, 0.3) is 5.91 Å². The number of benzene rings is 1. The van der Waals surface area contributed by atoms with Crippen LogP contribution in [0.5, 0.6) is 0 Å². The Morgan fingerprint density at radius 1 is 1.26 bits per heavy atom. The van der Waals surface area contributed by atoms with E-state index in [0.717, 1.165) is 18.7 Å². The molecule has 1 aliphatic rings. The third kappa shape index (κ3) is 2.76. The molecule has 0 spiro atoms. The van der Waals surface area contributed by atoms with Crippen molar-refractivity contribution in [3.05, 3.63) is 34.9 Å². The summed E-state index contributed by atoms with van der Waals surface area (Å²) >= 11 is 0. The van der Waals surface area contributed by atoms with Crippen LogP contribution in [0.1, 0.15) is 35.3 Å². The third-order valence-electron chi connectivity index (χ3n) is 3.22. The number of methoxy groups -OCH3 is 1. The molecule has 1 amide bonds. The van der Waals surface area contributed by atoms with Gasteiger partial charge in [-0.2, -0.15) is 0 Å². The number of fused-ring (bicyclic) bond motifs is 1. The molecule has 0 fully saturated rings. The first kappa shape index (κ1) is 13.5. The molecule has 5 nitrogen and oxygen atoms in total. The summed E-state index contributed by atoms with van der Waals surface area (Å²) in [6, 6.07) is 5.57. The van der Waals surface area contributed by atoms with Gasteiger partial charge in [-0.05, 0) is 37.1 Å². The van der Waals surface area contributed by atoms with Crippen LogP contribution in [-0.2, 0) is 22.6 Å². The minimum absolute atomic E-state index is 0.273. The van der Waals surface area contributed by atoms with Gasteiger partial charge in [0.1, 0.15) is 5.54 Å². The fourth-order valence-corrected chi connectivity index (χ4v) is 2.10. The van der Waals surface area contributed by atoms with Gasteiger partial charge in [0.2, 0.25) is 0 Å². The standard InChI is InChI=1S/C14H18N2O3/c1-14(2,13(18)19-3)16-12(17)9-4-5-10-7-15-8-11(10)6-9/h4-6,15H,7-8H2,1-3H3,(H,16,17). The summed E-state index contributed by atoms with van der Waals surface area (Å²) in [5, 5.41) is 5.90. The van der Waals surface area contributed by atoms with Crippen molar-refractivity contribution in [2.45, 2.75) is 32.5 Å². The Morgan fingerprint density at radius 3 is 2.63 bits per heavy atom. The van der Waals surface area contributed by atoms with Crippen LogP contribution in [0.4, 0.5) is 0 Å². The molecule has 19 heavy (non-hydrogen) atoms. The molecule has 0 radical (unpaired) electrons. The Hall–Kier alpha value is -1.88. The smallest absolute Gasteiger partial charge is 0.330 e. The molecule has 1 aliphatic heterocycles. The number of hydrogen-bond donors (Lipinski definition) is 2. The van der Waals surface area contributed by atoms with Gasteiger partial charge in [-0.15, -0.1) is 0 Å². The van der Waals surface area contributed by atoms with Crippen LogP contribution in [0.15, 0.2) is 18.2 Å². The molecular weight excluding hydrogens is 244 g/mol. The number of nitrogens with one attached hydrogen (secondary N) is 2. The molecule has 1 aromatic carbocycles. The highest BCUT2D eigenvalue weighted by molar-refractivity contribution is 5.98. The predicted molar refractivity (Wildman–Crippen MR) is 70.5 cm³/mol. The zero-order chi connectivity index (χ0) is 14.0. The maximum Gasteiger partial charge on any atom is 0.330 e. The van der Waals surface area contributed by atoms with Crippen LogP contribution >= 0.6 is 0 Å². The first-order valence-electron chi connectivity index (χ1n) is 6.17. The fourth-order valence-electron chi connectivity index (χ4n) is 2.10. The zero-order valence-electron chi connectivity index (χ0n) is 11.4. The highest BCUT2D eigenvalue weighted by atomic mass is 16.5. The summed E-state index contributed by atoms with van der Waals surface area (Å²) in [6.45, 7) is 4.85. The molecule has 0 aliphatic carbocycles. The lowest BCUT2D eigenvalue weighted by Crippen LogP contribution is -2.50. The normalized spacial score (nSPS) is 13.8. The van der Waals surface area contributed by atoms with Gasteiger partial charge in [-0.25, -0.2) is 4.79 Å². The van der Waals surface area contributed by atoms with Crippen LogP contribution in [0.25, 0.3) is 0 Å². The lowest BCUT2D eigenvalue weighted by Gasteiger charge is -2.23. The van der Waals surface area contributed by atoms with Gasteiger partial charge in [-0.1, -0.05) is 6.07 Å². The number of carbonyl (C=O) groups is 2. The number of rotatable bonds is 3. The molecule has 0 bridgehead atoms. The molecule has 0 saturated carbocycles. The van der Waals surface area contributed by atoms with E-state index in [4.69, 9.17) is 0 Å². The summed E-state index contributed by atoms with van der Waals surface area (Å²) in [6.07, 6.45) is 0. The van der Waals surface area contributed by atoms with Crippen molar-refractivity contribution in [1.29, 1.82) is 0 Å². The number of ether oxygens (including phenoxy) is 1. The fraction of sp³-hybridized carbons (Fsp3) is 0.429. The van der Waals surface area contributed by atoms with Gasteiger partial charge < -0.3 is 15.4 Å². The summed E-state index contributed by atoms with van der Waals surface area (Å²) in [5.41, 5.74) is 1.86. The van der Waals surface area contributed by atoms with E-state index in [1.54, 1.807) is 19.9 Å².